The van der Waals surface area contributed by atoms with Crippen LogP contribution in [0, 0.1) is 0 Å². The van der Waals surface area contributed by atoms with Crippen molar-refractivity contribution in [1.29, 1.82) is 0 Å². The molecule has 1 atom stereocenters. The van der Waals surface area contributed by atoms with Crippen molar-refractivity contribution in [2.75, 3.05) is 12.8 Å². The van der Waals surface area contributed by atoms with E-state index in [1.54, 1.807) is 42.5 Å². The average molecular weight is 458 g/mol. The van der Waals surface area contributed by atoms with Crippen molar-refractivity contribution >= 4 is 16.9 Å². The highest BCUT2D eigenvalue weighted by atomic mass is 19.4. The fourth-order valence-corrected chi connectivity index (χ4v) is 3.51. The molecule has 4 aromatic rings. The quantitative estimate of drug-likeness (QED) is 0.364. The number of para-hydroxylation sites is 1. The number of aromatic nitrogens is 4. The number of hydrogen-bond acceptors (Lipinski definition) is 7. The Balaban J connectivity index is 1.56. The zero-order valence-corrected chi connectivity index (χ0v) is 17.5. The predicted molar refractivity (Wildman–Crippen MR) is 116 cm³/mol. The van der Waals surface area contributed by atoms with E-state index in [2.05, 4.69) is 20.4 Å². The van der Waals surface area contributed by atoms with Gasteiger partial charge in [0.15, 0.2) is 5.65 Å². The number of methoxy groups -OCH3 is 1. The van der Waals surface area contributed by atoms with Crippen molar-refractivity contribution in [2.24, 2.45) is 0 Å². The summed E-state index contributed by atoms with van der Waals surface area (Å²) in [5.74, 6) is 0.614. The Kier molecular flexibility index (Phi) is 6.16. The number of alkyl halides is 3. The van der Waals surface area contributed by atoms with Crippen LogP contribution in [0.1, 0.15) is 17.4 Å². The molecule has 0 amide bonds. The van der Waals surface area contributed by atoms with Crippen LogP contribution in [0.3, 0.4) is 0 Å². The van der Waals surface area contributed by atoms with Crippen LogP contribution < -0.4 is 15.8 Å². The first-order valence-electron chi connectivity index (χ1n) is 9.94. The van der Waals surface area contributed by atoms with Crippen LogP contribution in [0.5, 0.6) is 5.75 Å². The van der Waals surface area contributed by atoms with Gasteiger partial charge in [0, 0.05) is 17.7 Å². The molecular formula is C22H21F3N6O2. The Hall–Kier alpha value is -3.70. The first-order valence-corrected chi connectivity index (χ1v) is 9.94. The lowest BCUT2D eigenvalue weighted by molar-refractivity contribution is -0.141. The second-order valence-electron chi connectivity index (χ2n) is 7.30. The summed E-state index contributed by atoms with van der Waals surface area (Å²) in [6.07, 6.45) is -4.30. The monoisotopic (exact) mass is 458 g/mol. The number of benzene rings is 2. The molecule has 0 bridgehead atoms. The minimum atomic E-state index is -4.46. The van der Waals surface area contributed by atoms with E-state index in [1.165, 1.54) is 7.11 Å². The number of nitrogens with one attached hydrogen (secondary N) is 1. The number of nitrogens with two attached hydrogens (primary N) is 1. The second-order valence-corrected chi connectivity index (χ2v) is 7.30. The lowest BCUT2D eigenvalue weighted by atomic mass is 10.1. The van der Waals surface area contributed by atoms with Crippen molar-refractivity contribution in [2.45, 2.75) is 25.5 Å². The summed E-state index contributed by atoms with van der Waals surface area (Å²) in [6.45, 7) is -0.948. The molecule has 0 saturated heterocycles. The van der Waals surface area contributed by atoms with Crippen LogP contribution in [-0.4, -0.2) is 38.1 Å². The van der Waals surface area contributed by atoms with E-state index in [9.17, 15) is 18.3 Å². The van der Waals surface area contributed by atoms with Gasteiger partial charge in [-0.3, -0.25) is 5.32 Å². The third kappa shape index (κ3) is 4.89. The number of ether oxygens (including phenoxy) is 1. The fourth-order valence-electron chi connectivity index (χ4n) is 3.51. The molecule has 0 saturated carbocycles. The highest BCUT2D eigenvalue weighted by molar-refractivity contribution is 5.98. The molecule has 172 valence electrons. The number of aliphatic hydroxyl groups is 1. The first kappa shape index (κ1) is 22.5. The molecule has 0 spiro atoms. The molecule has 4 N–H and O–H groups in total. The smallest absolute Gasteiger partial charge is 0.408 e. The van der Waals surface area contributed by atoms with E-state index in [0.717, 1.165) is 16.6 Å². The molecule has 8 nitrogen and oxygen atoms in total. The van der Waals surface area contributed by atoms with Crippen molar-refractivity contribution in [1.82, 2.24) is 25.1 Å². The summed E-state index contributed by atoms with van der Waals surface area (Å²) in [5.41, 5.74) is 8.22. The average Bonchev–Trinajstić information content (AvgIpc) is 3.16. The van der Waals surface area contributed by atoms with E-state index in [0.29, 0.717) is 23.4 Å². The van der Waals surface area contributed by atoms with E-state index >= 15 is 0 Å². The van der Waals surface area contributed by atoms with Gasteiger partial charge in [0.2, 0.25) is 0 Å². The van der Waals surface area contributed by atoms with Crippen LogP contribution >= 0.6 is 0 Å². The maximum absolute atomic E-state index is 13.0. The number of hydrogen-bond donors (Lipinski definition) is 3. The molecule has 1 unspecified atom stereocenters. The van der Waals surface area contributed by atoms with Crippen LogP contribution in [0.15, 0.2) is 54.9 Å². The number of nitrogens with zero attached hydrogens (tertiary/aromatic N) is 4. The number of nitrogen functional groups attached to an aromatic ring is 1. The summed E-state index contributed by atoms with van der Waals surface area (Å²) in [5, 5.41) is 17.8. The van der Waals surface area contributed by atoms with Gasteiger partial charge < -0.3 is 15.6 Å². The number of anilines is 1. The molecule has 0 aliphatic carbocycles. The molecule has 0 aliphatic heterocycles. The molecule has 33 heavy (non-hydrogen) atoms. The van der Waals surface area contributed by atoms with Gasteiger partial charge in [-0.25, -0.2) is 14.6 Å². The van der Waals surface area contributed by atoms with Gasteiger partial charge in [0.25, 0.3) is 0 Å². The summed E-state index contributed by atoms with van der Waals surface area (Å²) < 4.78 is 45.0. The van der Waals surface area contributed by atoms with Gasteiger partial charge >= 0.3 is 6.18 Å². The van der Waals surface area contributed by atoms with Gasteiger partial charge in [-0.1, -0.05) is 42.5 Å². The van der Waals surface area contributed by atoms with Crippen molar-refractivity contribution < 1.29 is 23.0 Å². The Labute approximate surface area is 186 Å². The van der Waals surface area contributed by atoms with Gasteiger partial charge in [-0.15, -0.1) is 0 Å². The number of halogens is 3. The number of rotatable bonds is 7. The van der Waals surface area contributed by atoms with Gasteiger partial charge in [0.1, 0.15) is 36.4 Å². The van der Waals surface area contributed by atoms with Gasteiger partial charge in [-0.2, -0.15) is 18.3 Å². The Bertz CT molecular complexity index is 1260. The van der Waals surface area contributed by atoms with Crippen LogP contribution in [-0.2, 0) is 13.1 Å². The maximum Gasteiger partial charge on any atom is 0.408 e. The van der Waals surface area contributed by atoms with E-state index in [-0.39, 0.29) is 22.5 Å². The van der Waals surface area contributed by atoms with E-state index < -0.39 is 18.9 Å². The second kappa shape index (κ2) is 9.04. The molecule has 2 aromatic carbocycles. The van der Waals surface area contributed by atoms with E-state index in [1.807, 2.05) is 6.07 Å². The highest BCUT2D eigenvalue weighted by Crippen LogP contribution is 2.32. The van der Waals surface area contributed by atoms with Gasteiger partial charge in [-0.05, 0) is 11.6 Å². The van der Waals surface area contributed by atoms with Crippen molar-refractivity contribution in [3.05, 3.63) is 66.0 Å². The van der Waals surface area contributed by atoms with Gasteiger partial charge in [0.05, 0.1) is 12.5 Å². The standard InChI is InChI=1S/C22H21F3N6O2/c1-33-16-5-3-2-4-15(16)21(32)27-10-13-6-8-14(9-7-13)18-17-19(26)28-12-29-20(17)31(30-18)11-22(23,24)25/h2-9,12,21,27,32H,10-11H2,1H3,(H2,26,28,29). The minimum Gasteiger partial charge on any atom is -0.496 e. The summed E-state index contributed by atoms with van der Waals surface area (Å²) >= 11 is 0. The van der Waals surface area contributed by atoms with Crippen LogP contribution in [0.2, 0.25) is 0 Å². The zero-order chi connectivity index (χ0) is 23.6. The largest absolute Gasteiger partial charge is 0.496 e. The first-order chi connectivity index (χ1) is 15.8. The summed E-state index contributed by atoms with van der Waals surface area (Å²) in [7, 11) is 1.53. The van der Waals surface area contributed by atoms with Crippen LogP contribution in [0.4, 0.5) is 19.0 Å². The lowest BCUT2D eigenvalue weighted by Crippen LogP contribution is -2.20. The minimum absolute atomic E-state index is 0.0144. The molecule has 11 heteroatoms. The molecule has 0 aliphatic rings. The lowest BCUT2D eigenvalue weighted by Gasteiger charge is -2.16. The highest BCUT2D eigenvalue weighted by Gasteiger charge is 2.31. The number of fused-ring (bicyclic) bond motifs is 1. The van der Waals surface area contributed by atoms with E-state index in [4.69, 9.17) is 10.5 Å². The molecule has 0 fully saturated rings. The Morgan fingerprint density at radius 2 is 1.85 bits per heavy atom. The molecular weight excluding hydrogens is 437 g/mol. The zero-order valence-electron chi connectivity index (χ0n) is 17.5. The van der Waals surface area contributed by atoms with Crippen LogP contribution in [0.25, 0.3) is 22.3 Å². The van der Waals surface area contributed by atoms with Crippen molar-refractivity contribution in [3.63, 3.8) is 0 Å². The third-order valence-electron chi connectivity index (χ3n) is 5.05. The molecule has 0 radical (unpaired) electrons. The maximum atomic E-state index is 13.0. The summed E-state index contributed by atoms with van der Waals surface area (Å²) in [4.78, 5) is 7.84. The predicted octanol–water partition coefficient (Wildman–Crippen LogP) is 3.43. The topological polar surface area (TPSA) is 111 Å². The fraction of sp³-hybridized carbons (Fsp3) is 0.227. The summed E-state index contributed by atoms with van der Waals surface area (Å²) in [6, 6.07) is 14.1. The Morgan fingerprint density at radius 1 is 1.12 bits per heavy atom. The van der Waals surface area contributed by atoms with Crippen molar-refractivity contribution in [3.8, 4) is 17.0 Å². The number of aliphatic hydroxyl groups excluding tert-OH is 1. The SMILES string of the molecule is COc1ccccc1C(O)NCc1ccc(-c2nn(CC(F)(F)F)c3ncnc(N)c23)cc1. The molecule has 4 rings (SSSR count). The molecule has 2 heterocycles. The third-order valence-corrected chi connectivity index (χ3v) is 5.05. The normalized spacial score (nSPS) is 12.8. The molecule has 2 aromatic heterocycles. The Morgan fingerprint density at radius 3 is 2.55 bits per heavy atom.